The molecule has 63 heavy (non-hydrogen) atoms. The average Bonchev–Trinajstić information content (AvgIpc) is 3.55. The van der Waals surface area contributed by atoms with Gasteiger partial charge in [-0.15, -0.1) is 0 Å². The van der Waals surface area contributed by atoms with Gasteiger partial charge in [-0.25, -0.2) is 0 Å². The van der Waals surface area contributed by atoms with Gasteiger partial charge in [-0.05, 0) is 153 Å². The second-order valence-electron chi connectivity index (χ2n) is 22.6. The number of carbonyl (C=O) groups is 2. The lowest BCUT2D eigenvalue weighted by Crippen LogP contribution is -2.67. The lowest BCUT2D eigenvalue weighted by atomic mass is 9.32. The van der Waals surface area contributed by atoms with E-state index >= 15 is 9.59 Å². The minimum absolute atomic E-state index is 0.00610. The van der Waals surface area contributed by atoms with Crippen molar-refractivity contribution < 1.29 is 29.3 Å². The molecule has 7 fully saturated rings. The van der Waals surface area contributed by atoms with Crippen molar-refractivity contribution in [3.63, 3.8) is 0 Å². The molecular formula is C56H67NO6. The van der Waals surface area contributed by atoms with Crippen LogP contribution in [0.25, 0.3) is 11.1 Å². The molecule has 10 aliphatic carbocycles. The zero-order valence-corrected chi connectivity index (χ0v) is 37.9. The van der Waals surface area contributed by atoms with E-state index in [1.807, 2.05) is 54.6 Å². The van der Waals surface area contributed by atoms with E-state index in [2.05, 4.69) is 55.2 Å². The fraction of sp³-hybridized carbons (Fsp3) is 0.571. The van der Waals surface area contributed by atoms with Crippen molar-refractivity contribution in [2.24, 2.45) is 56.7 Å². The van der Waals surface area contributed by atoms with Gasteiger partial charge in [-0.1, -0.05) is 92.7 Å². The summed E-state index contributed by atoms with van der Waals surface area (Å²) in [4.78, 5) is 32.9. The van der Waals surface area contributed by atoms with Crippen molar-refractivity contribution in [3.05, 3.63) is 108 Å². The Labute approximate surface area is 374 Å². The number of benzene rings is 3. The lowest BCUT2D eigenvalue weighted by Gasteiger charge is -2.71. The minimum Gasteiger partial charge on any atom is -0.493 e. The number of ketones is 1. The Bertz CT molecular complexity index is 2350. The van der Waals surface area contributed by atoms with Crippen LogP contribution < -0.4 is 9.47 Å². The summed E-state index contributed by atoms with van der Waals surface area (Å²) >= 11 is 0. The number of hydrogen-bond acceptors (Lipinski definition) is 6. The molecule has 332 valence electrons. The zero-order valence-electron chi connectivity index (χ0n) is 37.9. The highest BCUT2D eigenvalue weighted by Crippen LogP contribution is 2.78. The first kappa shape index (κ1) is 41.5. The van der Waals surface area contributed by atoms with Crippen molar-refractivity contribution in [1.29, 1.82) is 0 Å². The Morgan fingerprint density at radius 3 is 2.10 bits per heavy atom. The number of ether oxygens (including phenoxy) is 2. The molecule has 2 N–H and O–H groups in total. The predicted octanol–water partition coefficient (Wildman–Crippen LogP) is 10.4. The Kier molecular flexibility index (Phi) is 9.65. The van der Waals surface area contributed by atoms with Crippen molar-refractivity contribution in [1.82, 2.24) is 4.90 Å². The summed E-state index contributed by atoms with van der Waals surface area (Å²) in [6.45, 7) is 5.76. The summed E-state index contributed by atoms with van der Waals surface area (Å²) in [5.74, 6) is 3.80. The first-order valence-corrected chi connectivity index (χ1v) is 24.3. The van der Waals surface area contributed by atoms with Gasteiger partial charge in [-0.2, -0.15) is 0 Å². The molecule has 0 aliphatic heterocycles. The van der Waals surface area contributed by atoms with Gasteiger partial charge in [0.2, 0.25) is 5.91 Å². The molecule has 10 aliphatic rings. The molecule has 3 aromatic carbocycles. The van der Waals surface area contributed by atoms with Crippen LogP contribution in [0, 0.1) is 56.7 Å². The number of aliphatic hydroxyl groups excluding tert-OH is 1. The van der Waals surface area contributed by atoms with E-state index in [1.54, 1.807) is 14.2 Å². The van der Waals surface area contributed by atoms with Crippen LogP contribution in [0.2, 0.25) is 0 Å². The molecule has 13 rings (SSSR count). The van der Waals surface area contributed by atoms with Gasteiger partial charge in [0.1, 0.15) is 0 Å². The molecule has 0 aromatic heterocycles. The van der Waals surface area contributed by atoms with Gasteiger partial charge in [0, 0.05) is 40.5 Å². The molecule has 7 saturated carbocycles. The molecule has 6 bridgehead atoms. The van der Waals surface area contributed by atoms with E-state index in [1.165, 1.54) is 38.5 Å². The third-order valence-corrected chi connectivity index (χ3v) is 19.5. The van der Waals surface area contributed by atoms with Crippen LogP contribution in [0.4, 0.5) is 0 Å². The predicted molar refractivity (Wildman–Crippen MR) is 245 cm³/mol. The summed E-state index contributed by atoms with van der Waals surface area (Å²) in [6.07, 6.45) is 19.9. The number of fused-ring (bicyclic) bond motifs is 1. The SMILES string of the molecule is COc1ccc(CC(=O)N(CC23CC4CC(CC(C4)C2)C3)C[C@]2(O)CC[C@H]3[C@]45C=C[C@@]6(C=C4C(=O)c4ccccc4-c4ccccc4)CC(O)CC[C@]6(C)[C@H]5CC[C@@]32C)cc1OC. The standard InChI is InChI=1S/C56H67NO6/c1-51-19-16-41(58)32-54(51)22-23-56(44(33-54)50(60)43-13-9-8-12-42(43)40-10-6-5-7-11-40)47(51)17-20-52(2)48(56)18-21-55(52,61)35-57(34-53-29-37-24-38(30-53)26-39(25-37)31-53)49(59)28-36-14-15-45(62-3)46(27-36)63-4/h5-15,22-23,27,33,37-39,41,47-48,58,61H,16-21,24-26,28-32,34-35H2,1-4H3/t37?,38?,39?,41?,47-,48-,51-,52+,53?,54+,55-,56-/m1/s1. The van der Waals surface area contributed by atoms with Crippen molar-refractivity contribution in [2.75, 3.05) is 27.3 Å². The number of carbonyl (C=O) groups excluding carboxylic acids is 2. The molecule has 0 heterocycles. The molecule has 3 aromatic rings. The summed E-state index contributed by atoms with van der Waals surface area (Å²) in [7, 11) is 3.26. The first-order chi connectivity index (χ1) is 30.3. The van der Waals surface area contributed by atoms with E-state index in [0.717, 1.165) is 72.1 Å². The van der Waals surface area contributed by atoms with Gasteiger partial charge in [0.05, 0.1) is 32.3 Å². The molecule has 0 saturated heterocycles. The van der Waals surface area contributed by atoms with Crippen LogP contribution in [0.5, 0.6) is 11.5 Å². The molecule has 1 unspecified atom stereocenters. The number of amides is 1. The highest BCUT2D eigenvalue weighted by molar-refractivity contribution is 6.14. The van der Waals surface area contributed by atoms with Crippen molar-refractivity contribution in [3.8, 4) is 22.6 Å². The minimum atomic E-state index is -1.15. The number of rotatable bonds is 11. The molecule has 7 nitrogen and oxygen atoms in total. The number of allylic oxidation sites excluding steroid dienone is 4. The molecule has 0 radical (unpaired) electrons. The van der Waals surface area contributed by atoms with Crippen LogP contribution in [0.3, 0.4) is 0 Å². The van der Waals surface area contributed by atoms with Crippen molar-refractivity contribution in [2.45, 2.75) is 115 Å². The molecule has 8 atom stereocenters. The quantitative estimate of drug-likeness (QED) is 0.147. The first-order valence-electron chi connectivity index (χ1n) is 24.3. The van der Waals surface area contributed by atoms with Crippen LogP contribution in [-0.4, -0.2) is 65.8 Å². The maximum absolute atomic E-state index is 15.7. The Morgan fingerprint density at radius 1 is 0.730 bits per heavy atom. The summed E-state index contributed by atoms with van der Waals surface area (Å²) in [5.41, 5.74) is 1.65. The highest BCUT2D eigenvalue weighted by atomic mass is 16.5. The topological polar surface area (TPSA) is 96.3 Å². The largest absolute Gasteiger partial charge is 0.493 e. The Morgan fingerprint density at radius 2 is 1.38 bits per heavy atom. The van der Waals surface area contributed by atoms with E-state index < -0.39 is 27.9 Å². The van der Waals surface area contributed by atoms with Crippen molar-refractivity contribution >= 4 is 11.7 Å². The fourth-order valence-electron chi connectivity index (χ4n) is 17.0. The zero-order chi connectivity index (χ0) is 43.6. The number of Topliss-reactive ketones (excluding diaryl/α,β-unsaturated/α-hetero) is 1. The Hall–Kier alpha value is -4.20. The van der Waals surface area contributed by atoms with E-state index in [0.29, 0.717) is 43.0 Å². The van der Waals surface area contributed by atoms with E-state index in [4.69, 9.17) is 9.47 Å². The third-order valence-electron chi connectivity index (χ3n) is 19.5. The van der Waals surface area contributed by atoms with Crippen LogP contribution >= 0.6 is 0 Å². The van der Waals surface area contributed by atoms with Gasteiger partial charge < -0.3 is 24.6 Å². The van der Waals surface area contributed by atoms with Crippen LogP contribution in [0.1, 0.15) is 113 Å². The van der Waals surface area contributed by atoms with E-state index in [9.17, 15) is 10.2 Å². The summed E-state index contributed by atoms with van der Waals surface area (Å²) < 4.78 is 11.2. The maximum atomic E-state index is 15.7. The van der Waals surface area contributed by atoms with Crippen LogP contribution in [0.15, 0.2) is 96.6 Å². The van der Waals surface area contributed by atoms with Gasteiger partial charge in [0.25, 0.3) is 0 Å². The molecule has 2 spiro atoms. The molecule has 1 amide bonds. The molecule has 7 heteroatoms. The number of nitrogens with zero attached hydrogens (tertiary/aromatic N) is 1. The van der Waals surface area contributed by atoms with E-state index in [-0.39, 0.29) is 40.8 Å². The summed E-state index contributed by atoms with van der Waals surface area (Å²) in [5, 5.41) is 25.0. The maximum Gasteiger partial charge on any atom is 0.227 e. The monoisotopic (exact) mass is 849 g/mol. The fourth-order valence-corrected chi connectivity index (χ4v) is 17.0. The summed E-state index contributed by atoms with van der Waals surface area (Å²) in [6, 6.07) is 24.1. The number of hydrogen-bond donors (Lipinski definition) is 2. The van der Waals surface area contributed by atoms with Crippen LogP contribution in [-0.2, 0) is 11.2 Å². The highest BCUT2D eigenvalue weighted by Gasteiger charge is 2.74. The average molecular weight is 850 g/mol. The lowest BCUT2D eigenvalue weighted by molar-refractivity contribution is -0.181. The van der Waals surface area contributed by atoms with Gasteiger partial charge in [0.15, 0.2) is 17.3 Å². The van der Waals surface area contributed by atoms with Gasteiger partial charge >= 0.3 is 0 Å². The number of methoxy groups -OCH3 is 2. The third kappa shape index (κ3) is 6.10. The molecular weight excluding hydrogens is 783 g/mol. The number of aliphatic hydroxyl groups is 2. The Balaban J connectivity index is 0.982. The smallest absolute Gasteiger partial charge is 0.227 e. The second kappa shape index (κ2) is 14.7. The van der Waals surface area contributed by atoms with Gasteiger partial charge in [-0.3, -0.25) is 9.59 Å². The normalized spacial score (nSPS) is 40.1. The second-order valence-corrected chi connectivity index (χ2v) is 22.6.